The maximum atomic E-state index is 14.0. The minimum absolute atomic E-state index is 0.0362. The molecule has 0 spiro atoms. The molecule has 3 heterocycles. The normalized spacial score (nSPS) is 21.1. The smallest absolute Gasteiger partial charge is 0.314 e. The van der Waals surface area contributed by atoms with Crippen LogP contribution in [-0.2, 0) is 12.6 Å². The quantitative estimate of drug-likeness (QED) is 0.530. The van der Waals surface area contributed by atoms with Gasteiger partial charge in [0.1, 0.15) is 0 Å². The van der Waals surface area contributed by atoms with Crippen LogP contribution in [-0.4, -0.2) is 22.0 Å². The fourth-order valence-electron chi connectivity index (χ4n) is 3.94. The summed E-state index contributed by atoms with van der Waals surface area (Å²) in [6.07, 6.45) is -1.52. The molecule has 2 aliphatic heterocycles. The number of anilines is 1. The van der Waals surface area contributed by atoms with Crippen LogP contribution in [0.25, 0.3) is 0 Å². The summed E-state index contributed by atoms with van der Waals surface area (Å²) in [6, 6.07) is 3.52. The number of hydrogen-bond donors (Lipinski definition) is 1. The van der Waals surface area contributed by atoms with Crippen LogP contribution in [0.15, 0.2) is 30.5 Å². The van der Waals surface area contributed by atoms with Gasteiger partial charge >= 0.3 is 12.2 Å². The Morgan fingerprint density at radius 1 is 1.26 bits per heavy atom. The third-order valence-corrected chi connectivity index (χ3v) is 5.27. The fourth-order valence-corrected chi connectivity index (χ4v) is 4.18. The van der Waals surface area contributed by atoms with Gasteiger partial charge in [-0.3, -0.25) is 0 Å². The van der Waals surface area contributed by atoms with Crippen LogP contribution in [0.4, 0.5) is 28.0 Å². The van der Waals surface area contributed by atoms with Gasteiger partial charge in [-0.15, -0.1) is 0 Å². The molecule has 2 amide bonds. The van der Waals surface area contributed by atoms with Crippen molar-refractivity contribution >= 4 is 23.3 Å². The standard InChI is InChI=1S/C18H14ClF4N3O/c19-10-5-9(18(21,22)23)6-11(7-10)25-17(27)26-12-1-2-15(26)13-3-4-24-16(20)14(13)8-12/h3-7,12,15H,1-2,8H2,(H,25,27)/t12-,15+/m0/s1. The minimum Gasteiger partial charge on any atom is -0.314 e. The summed E-state index contributed by atoms with van der Waals surface area (Å²) in [6.45, 7) is 0. The topological polar surface area (TPSA) is 45.2 Å². The van der Waals surface area contributed by atoms with Gasteiger partial charge in [-0.2, -0.15) is 17.6 Å². The first-order chi connectivity index (χ1) is 12.7. The van der Waals surface area contributed by atoms with E-state index in [4.69, 9.17) is 11.6 Å². The van der Waals surface area contributed by atoms with E-state index in [1.807, 2.05) is 0 Å². The summed E-state index contributed by atoms with van der Waals surface area (Å²) in [4.78, 5) is 18.0. The molecule has 0 saturated carbocycles. The molecule has 2 atom stereocenters. The summed E-state index contributed by atoms with van der Waals surface area (Å²) in [7, 11) is 0. The SMILES string of the molecule is O=C(Nc1cc(Cl)cc(C(F)(F)F)c1)N1[C@H]2CC[C@@H]1c1ccnc(F)c1C2. The van der Waals surface area contributed by atoms with Crippen LogP contribution in [0, 0.1) is 5.95 Å². The van der Waals surface area contributed by atoms with Crippen molar-refractivity contribution < 1.29 is 22.4 Å². The van der Waals surface area contributed by atoms with E-state index in [2.05, 4.69) is 10.3 Å². The van der Waals surface area contributed by atoms with Gasteiger partial charge in [-0.1, -0.05) is 11.6 Å². The number of carbonyl (C=O) groups is 1. The Balaban J connectivity index is 1.61. The van der Waals surface area contributed by atoms with Crippen LogP contribution in [0.1, 0.15) is 35.6 Å². The highest BCUT2D eigenvalue weighted by Crippen LogP contribution is 2.44. The van der Waals surface area contributed by atoms with Crippen LogP contribution < -0.4 is 5.32 Å². The number of amides is 2. The zero-order chi connectivity index (χ0) is 19.3. The number of rotatable bonds is 1. The third kappa shape index (κ3) is 3.22. The lowest BCUT2D eigenvalue weighted by atomic mass is 9.95. The highest BCUT2D eigenvalue weighted by atomic mass is 35.5. The van der Waals surface area contributed by atoms with Gasteiger partial charge in [-0.05, 0) is 49.1 Å². The van der Waals surface area contributed by atoms with Gasteiger partial charge < -0.3 is 10.2 Å². The number of alkyl halides is 3. The Bertz CT molecular complexity index is 918. The van der Waals surface area contributed by atoms with Gasteiger partial charge in [0.15, 0.2) is 0 Å². The van der Waals surface area contributed by atoms with E-state index in [-0.39, 0.29) is 22.8 Å². The molecule has 0 unspecified atom stereocenters. The highest BCUT2D eigenvalue weighted by Gasteiger charge is 2.43. The van der Waals surface area contributed by atoms with Gasteiger partial charge in [0, 0.05) is 28.5 Å². The average molecular weight is 400 g/mol. The second-order valence-corrected chi connectivity index (χ2v) is 7.12. The molecule has 4 rings (SSSR count). The number of pyridine rings is 1. The molecular weight excluding hydrogens is 386 g/mol. The Morgan fingerprint density at radius 2 is 2.04 bits per heavy atom. The number of halogens is 5. The lowest BCUT2D eigenvalue weighted by molar-refractivity contribution is -0.137. The van der Waals surface area contributed by atoms with Crippen molar-refractivity contribution in [3.63, 3.8) is 0 Å². The van der Waals surface area contributed by atoms with E-state index in [0.29, 0.717) is 30.4 Å². The molecule has 1 saturated heterocycles. The van der Waals surface area contributed by atoms with Crippen molar-refractivity contribution in [2.24, 2.45) is 0 Å². The molecule has 1 aromatic heterocycles. The molecule has 2 bridgehead atoms. The van der Waals surface area contributed by atoms with Crippen molar-refractivity contribution in [1.82, 2.24) is 9.88 Å². The first-order valence-corrected chi connectivity index (χ1v) is 8.72. The highest BCUT2D eigenvalue weighted by molar-refractivity contribution is 6.31. The summed E-state index contributed by atoms with van der Waals surface area (Å²) in [5.41, 5.74) is 0.237. The lowest BCUT2D eigenvalue weighted by Gasteiger charge is -2.36. The third-order valence-electron chi connectivity index (χ3n) is 5.05. The summed E-state index contributed by atoms with van der Waals surface area (Å²) in [5, 5.41) is 2.38. The number of hydrogen-bond acceptors (Lipinski definition) is 2. The van der Waals surface area contributed by atoms with Crippen molar-refractivity contribution in [3.05, 3.63) is 58.1 Å². The number of aromatic nitrogens is 1. The van der Waals surface area contributed by atoms with E-state index >= 15 is 0 Å². The largest absolute Gasteiger partial charge is 0.416 e. The van der Waals surface area contributed by atoms with E-state index in [1.165, 1.54) is 12.3 Å². The molecule has 1 fully saturated rings. The molecule has 142 valence electrons. The fraction of sp³-hybridized carbons (Fsp3) is 0.333. The maximum absolute atomic E-state index is 14.0. The zero-order valence-electron chi connectivity index (χ0n) is 13.9. The van der Waals surface area contributed by atoms with E-state index in [1.54, 1.807) is 11.0 Å². The van der Waals surface area contributed by atoms with Crippen molar-refractivity contribution in [2.45, 2.75) is 37.5 Å². The minimum atomic E-state index is -4.57. The molecule has 2 aliphatic rings. The van der Waals surface area contributed by atoms with Crippen molar-refractivity contribution in [2.75, 3.05) is 5.32 Å². The van der Waals surface area contributed by atoms with Crippen LogP contribution in [0.2, 0.25) is 5.02 Å². The zero-order valence-corrected chi connectivity index (χ0v) is 14.6. The Kier molecular flexibility index (Phi) is 4.25. The van der Waals surface area contributed by atoms with Gasteiger partial charge in [-0.25, -0.2) is 9.78 Å². The number of nitrogens with one attached hydrogen (secondary N) is 1. The molecule has 9 heteroatoms. The first-order valence-electron chi connectivity index (χ1n) is 8.34. The summed E-state index contributed by atoms with van der Waals surface area (Å²) in [5.74, 6) is -0.533. The first kappa shape index (κ1) is 18.0. The van der Waals surface area contributed by atoms with Crippen LogP contribution >= 0.6 is 11.6 Å². The molecule has 1 aromatic carbocycles. The summed E-state index contributed by atoms with van der Waals surface area (Å²) >= 11 is 5.77. The second kappa shape index (κ2) is 6.37. The van der Waals surface area contributed by atoms with Crippen molar-refractivity contribution in [3.8, 4) is 0 Å². The average Bonchev–Trinajstić information content (AvgIpc) is 2.90. The van der Waals surface area contributed by atoms with Crippen LogP contribution in [0.3, 0.4) is 0 Å². The van der Waals surface area contributed by atoms with E-state index in [0.717, 1.165) is 12.1 Å². The number of fused-ring (bicyclic) bond motifs is 4. The van der Waals surface area contributed by atoms with Crippen LogP contribution in [0.5, 0.6) is 0 Å². The summed E-state index contributed by atoms with van der Waals surface area (Å²) < 4.78 is 52.8. The predicted octanol–water partition coefficient (Wildman–Crippen LogP) is 5.19. The van der Waals surface area contributed by atoms with Crippen molar-refractivity contribution in [1.29, 1.82) is 0 Å². The number of carbonyl (C=O) groups excluding carboxylic acids is 1. The molecular formula is C18H14ClF4N3O. The molecule has 1 N–H and O–H groups in total. The lowest BCUT2D eigenvalue weighted by Crippen LogP contribution is -2.44. The van der Waals surface area contributed by atoms with E-state index in [9.17, 15) is 22.4 Å². The maximum Gasteiger partial charge on any atom is 0.416 e. The van der Waals surface area contributed by atoms with Gasteiger partial charge in [0.2, 0.25) is 5.95 Å². The Hall–Kier alpha value is -2.35. The van der Waals surface area contributed by atoms with Gasteiger partial charge in [0.25, 0.3) is 0 Å². The Labute approximate surface area is 157 Å². The molecule has 27 heavy (non-hydrogen) atoms. The predicted molar refractivity (Wildman–Crippen MR) is 91.0 cm³/mol. The molecule has 2 aromatic rings. The second-order valence-electron chi connectivity index (χ2n) is 6.68. The number of benzene rings is 1. The molecule has 4 nitrogen and oxygen atoms in total. The molecule has 0 radical (unpaired) electrons. The van der Waals surface area contributed by atoms with E-state index < -0.39 is 23.7 Å². The number of urea groups is 1. The molecule has 0 aliphatic carbocycles. The monoisotopic (exact) mass is 399 g/mol. The number of nitrogens with zero attached hydrogens (tertiary/aromatic N) is 2. The van der Waals surface area contributed by atoms with Gasteiger partial charge in [0.05, 0.1) is 11.6 Å². The Morgan fingerprint density at radius 3 is 2.78 bits per heavy atom.